The first-order chi connectivity index (χ1) is 12.2. The van der Waals surface area contributed by atoms with Crippen LogP contribution in [0.5, 0.6) is 0 Å². The molecular weight excluding hydrogens is 322 g/mol. The van der Waals surface area contributed by atoms with E-state index in [0.717, 1.165) is 32.5 Å². The Morgan fingerprint density at radius 3 is 2.72 bits per heavy atom. The molecule has 0 aromatic carbocycles. The van der Waals surface area contributed by atoms with E-state index in [4.69, 9.17) is 9.15 Å². The summed E-state index contributed by atoms with van der Waals surface area (Å²) < 4.78 is 11.2. The number of piperazine rings is 1. The van der Waals surface area contributed by atoms with Gasteiger partial charge in [0.05, 0.1) is 6.61 Å². The monoisotopic (exact) mass is 345 g/mol. The van der Waals surface area contributed by atoms with E-state index in [0.29, 0.717) is 62.0 Å². The summed E-state index contributed by atoms with van der Waals surface area (Å²) in [5.74, 6) is 2.06. The van der Waals surface area contributed by atoms with Crippen LogP contribution in [0.1, 0.15) is 36.8 Å². The van der Waals surface area contributed by atoms with E-state index in [2.05, 4.69) is 16.4 Å². The maximum absolute atomic E-state index is 12.3. The van der Waals surface area contributed by atoms with Crippen LogP contribution in [-0.4, -0.2) is 61.9 Å². The van der Waals surface area contributed by atoms with Crippen LogP contribution in [0.2, 0.25) is 0 Å². The van der Waals surface area contributed by atoms with Crippen molar-refractivity contribution in [1.29, 1.82) is 5.26 Å². The van der Waals surface area contributed by atoms with Crippen LogP contribution in [0.25, 0.3) is 0 Å². The minimum absolute atomic E-state index is 0.0247. The lowest BCUT2D eigenvalue weighted by Gasteiger charge is -2.34. The van der Waals surface area contributed by atoms with Gasteiger partial charge in [-0.3, -0.25) is 0 Å². The number of rotatable bonds is 4. The van der Waals surface area contributed by atoms with Gasteiger partial charge in [-0.2, -0.15) is 5.26 Å². The number of nitrogens with zero attached hydrogens (tertiary/aromatic N) is 4. The van der Waals surface area contributed by atoms with E-state index in [9.17, 15) is 10.1 Å². The van der Waals surface area contributed by atoms with Crippen LogP contribution < -0.4 is 10.2 Å². The SMILES string of the molecule is N#Cc1nc(C2CC2)oc1N1CCN(C(=O)NC[C@H]2CCOC2)CC1. The highest BCUT2D eigenvalue weighted by atomic mass is 16.5. The van der Waals surface area contributed by atoms with Crippen LogP contribution in [0, 0.1) is 17.2 Å². The van der Waals surface area contributed by atoms with Crippen molar-refractivity contribution in [3.8, 4) is 6.07 Å². The number of hydrogen-bond donors (Lipinski definition) is 1. The number of oxazole rings is 1. The molecule has 2 amide bonds. The summed E-state index contributed by atoms with van der Waals surface area (Å²) >= 11 is 0. The van der Waals surface area contributed by atoms with Crippen molar-refractivity contribution in [3.05, 3.63) is 11.6 Å². The Morgan fingerprint density at radius 1 is 1.28 bits per heavy atom. The molecule has 3 aliphatic rings. The van der Waals surface area contributed by atoms with E-state index in [1.54, 1.807) is 0 Å². The Hall–Kier alpha value is -2.27. The fraction of sp³-hybridized carbons (Fsp3) is 0.706. The third-order valence-corrected chi connectivity index (χ3v) is 5.08. The van der Waals surface area contributed by atoms with E-state index < -0.39 is 0 Å². The van der Waals surface area contributed by atoms with Gasteiger partial charge in [-0.15, -0.1) is 0 Å². The molecule has 25 heavy (non-hydrogen) atoms. The van der Waals surface area contributed by atoms with Crippen LogP contribution in [-0.2, 0) is 4.74 Å². The topological polar surface area (TPSA) is 94.6 Å². The number of urea groups is 1. The van der Waals surface area contributed by atoms with E-state index in [-0.39, 0.29) is 6.03 Å². The third kappa shape index (κ3) is 3.56. The number of nitrogens with one attached hydrogen (secondary N) is 1. The van der Waals surface area contributed by atoms with Crippen LogP contribution >= 0.6 is 0 Å². The third-order valence-electron chi connectivity index (χ3n) is 5.08. The normalized spacial score (nSPS) is 23.6. The molecule has 134 valence electrons. The van der Waals surface area contributed by atoms with Gasteiger partial charge < -0.3 is 24.3 Å². The number of aromatic nitrogens is 1. The highest BCUT2D eigenvalue weighted by molar-refractivity contribution is 5.74. The number of carbonyl (C=O) groups is 1. The Balaban J connectivity index is 1.30. The van der Waals surface area contributed by atoms with Gasteiger partial charge in [0.25, 0.3) is 0 Å². The van der Waals surface area contributed by atoms with Gasteiger partial charge in [0.1, 0.15) is 6.07 Å². The van der Waals surface area contributed by atoms with Crippen molar-refractivity contribution in [2.75, 3.05) is 50.8 Å². The molecule has 1 aliphatic carbocycles. The van der Waals surface area contributed by atoms with Crippen molar-refractivity contribution < 1.29 is 13.9 Å². The molecule has 3 heterocycles. The predicted octanol–water partition coefficient (Wildman–Crippen LogP) is 1.29. The molecule has 1 atom stereocenters. The van der Waals surface area contributed by atoms with Gasteiger partial charge in [-0.05, 0) is 19.3 Å². The van der Waals surface area contributed by atoms with Crippen LogP contribution in [0.3, 0.4) is 0 Å². The van der Waals surface area contributed by atoms with Crippen molar-refractivity contribution >= 4 is 11.9 Å². The molecule has 0 spiro atoms. The second-order valence-corrected chi connectivity index (χ2v) is 6.98. The molecule has 4 rings (SSSR count). The van der Waals surface area contributed by atoms with Crippen LogP contribution in [0.15, 0.2) is 4.42 Å². The summed E-state index contributed by atoms with van der Waals surface area (Å²) in [4.78, 5) is 20.4. The zero-order chi connectivity index (χ0) is 17.2. The van der Waals surface area contributed by atoms with E-state index in [1.807, 2.05) is 9.80 Å². The first-order valence-corrected chi connectivity index (χ1v) is 9.01. The summed E-state index contributed by atoms with van der Waals surface area (Å²) in [7, 11) is 0. The Kier molecular flexibility index (Phi) is 4.49. The number of hydrogen-bond acceptors (Lipinski definition) is 6. The Bertz CT molecular complexity index is 664. The second kappa shape index (κ2) is 6.92. The smallest absolute Gasteiger partial charge is 0.317 e. The molecule has 1 aromatic rings. The lowest BCUT2D eigenvalue weighted by Crippen LogP contribution is -2.52. The lowest BCUT2D eigenvalue weighted by atomic mass is 10.1. The number of carbonyl (C=O) groups excluding carboxylic acids is 1. The molecule has 1 N–H and O–H groups in total. The average molecular weight is 345 g/mol. The summed E-state index contributed by atoms with van der Waals surface area (Å²) in [6.45, 7) is 4.71. The summed E-state index contributed by atoms with van der Waals surface area (Å²) in [6.07, 6.45) is 3.19. The quantitative estimate of drug-likeness (QED) is 0.884. The number of nitriles is 1. The van der Waals surface area contributed by atoms with E-state index >= 15 is 0 Å². The fourth-order valence-corrected chi connectivity index (χ4v) is 3.32. The fourth-order valence-electron chi connectivity index (χ4n) is 3.32. The van der Waals surface area contributed by atoms with Gasteiger partial charge in [-0.1, -0.05) is 0 Å². The van der Waals surface area contributed by atoms with Crippen molar-refractivity contribution in [1.82, 2.24) is 15.2 Å². The maximum Gasteiger partial charge on any atom is 0.317 e. The molecule has 0 radical (unpaired) electrons. The zero-order valence-corrected chi connectivity index (χ0v) is 14.2. The van der Waals surface area contributed by atoms with Crippen molar-refractivity contribution in [2.45, 2.75) is 25.2 Å². The predicted molar refractivity (Wildman–Crippen MR) is 89.3 cm³/mol. The number of anilines is 1. The minimum atomic E-state index is -0.0247. The molecule has 2 aliphatic heterocycles. The van der Waals surface area contributed by atoms with Crippen molar-refractivity contribution in [2.24, 2.45) is 5.92 Å². The van der Waals surface area contributed by atoms with Gasteiger partial charge in [0.2, 0.25) is 17.5 Å². The highest BCUT2D eigenvalue weighted by Crippen LogP contribution is 2.41. The standard InChI is InChI=1S/C17H23N5O3/c18-9-14-16(25-15(20-14)13-1-2-13)21-4-6-22(7-5-21)17(23)19-10-12-3-8-24-11-12/h12-13H,1-8,10-11H2,(H,19,23)/t12-/m1/s1. The second-order valence-electron chi connectivity index (χ2n) is 6.98. The molecular formula is C17H23N5O3. The molecule has 8 heteroatoms. The molecule has 0 bridgehead atoms. The summed E-state index contributed by atoms with van der Waals surface area (Å²) in [5.41, 5.74) is 0.362. The first-order valence-electron chi connectivity index (χ1n) is 9.01. The van der Waals surface area contributed by atoms with Crippen molar-refractivity contribution in [3.63, 3.8) is 0 Å². The highest BCUT2D eigenvalue weighted by Gasteiger charge is 2.32. The molecule has 2 saturated heterocycles. The maximum atomic E-state index is 12.3. The van der Waals surface area contributed by atoms with Crippen LogP contribution in [0.4, 0.5) is 10.7 Å². The largest absolute Gasteiger partial charge is 0.423 e. The molecule has 8 nitrogen and oxygen atoms in total. The van der Waals surface area contributed by atoms with Gasteiger partial charge >= 0.3 is 6.03 Å². The zero-order valence-electron chi connectivity index (χ0n) is 14.2. The molecule has 1 aromatic heterocycles. The molecule has 0 unspecified atom stereocenters. The lowest BCUT2D eigenvalue weighted by molar-refractivity contribution is 0.179. The average Bonchev–Trinajstić information content (AvgIpc) is 3.20. The van der Waals surface area contributed by atoms with E-state index in [1.165, 1.54) is 0 Å². The minimum Gasteiger partial charge on any atom is -0.423 e. The summed E-state index contributed by atoms with van der Waals surface area (Å²) in [6, 6.07) is 2.11. The number of amides is 2. The Labute approximate surface area is 146 Å². The first kappa shape index (κ1) is 16.2. The number of ether oxygens (including phenoxy) is 1. The van der Waals surface area contributed by atoms with Gasteiger partial charge in [0.15, 0.2) is 0 Å². The Morgan fingerprint density at radius 2 is 2.08 bits per heavy atom. The molecule has 3 fully saturated rings. The van der Waals surface area contributed by atoms with Gasteiger partial charge in [-0.25, -0.2) is 9.78 Å². The molecule has 1 saturated carbocycles. The summed E-state index contributed by atoms with van der Waals surface area (Å²) in [5, 5.41) is 12.3. The van der Waals surface area contributed by atoms with Gasteiger partial charge in [0, 0.05) is 51.2 Å².